The van der Waals surface area contributed by atoms with Crippen LogP contribution in [-0.4, -0.2) is 12.1 Å². The number of allylic oxidation sites excluding steroid dienone is 2. The normalized spacial score (nSPS) is 32.1. The van der Waals surface area contributed by atoms with Gasteiger partial charge in [-0.3, -0.25) is 4.79 Å². The van der Waals surface area contributed by atoms with Crippen LogP contribution in [0.5, 0.6) is 0 Å². The van der Waals surface area contributed by atoms with E-state index in [2.05, 4.69) is 19.9 Å². The molecule has 0 amide bonds. The molecule has 1 aliphatic carbocycles. The number of esters is 1. The van der Waals surface area contributed by atoms with Gasteiger partial charge >= 0.3 is 5.97 Å². The first kappa shape index (κ1) is 11.7. The van der Waals surface area contributed by atoms with Crippen molar-refractivity contribution < 1.29 is 9.53 Å². The van der Waals surface area contributed by atoms with Gasteiger partial charge in [-0.2, -0.15) is 0 Å². The zero-order valence-corrected chi connectivity index (χ0v) is 10.4. The minimum atomic E-state index is -0.00316. The van der Waals surface area contributed by atoms with Gasteiger partial charge in [0.25, 0.3) is 0 Å². The van der Waals surface area contributed by atoms with Gasteiger partial charge in [0.2, 0.25) is 0 Å². The maximum atomic E-state index is 11.0. The van der Waals surface area contributed by atoms with Gasteiger partial charge in [-0.05, 0) is 50.9 Å². The number of carbonyl (C=O) groups excluding carboxylic acids is 1. The molecule has 90 valence electrons. The largest absolute Gasteiger partial charge is 0.462 e. The molecule has 3 atom stereocenters. The summed E-state index contributed by atoms with van der Waals surface area (Å²) in [7, 11) is 0. The Labute approximate surface area is 98.1 Å². The van der Waals surface area contributed by atoms with Crippen molar-refractivity contribution >= 4 is 5.97 Å². The minimum Gasteiger partial charge on any atom is -0.462 e. The van der Waals surface area contributed by atoms with E-state index in [-0.39, 0.29) is 12.1 Å². The summed E-state index contributed by atoms with van der Waals surface area (Å²) in [4.78, 5) is 11.0. The van der Waals surface area contributed by atoms with Gasteiger partial charge in [-0.15, -0.1) is 0 Å². The van der Waals surface area contributed by atoms with Gasteiger partial charge in [0.15, 0.2) is 0 Å². The van der Waals surface area contributed by atoms with Gasteiger partial charge in [-0.1, -0.05) is 18.6 Å². The topological polar surface area (TPSA) is 26.3 Å². The van der Waals surface area contributed by atoms with E-state index < -0.39 is 0 Å². The molecule has 3 unspecified atom stereocenters. The number of carbonyl (C=O) groups is 1. The van der Waals surface area contributed by atoms with Crippen LogP contribution in [0.1, 0.15) is 52.4 Å². The van der Waals surface area contributed by atoms with E-state index in [0.717, 1.165) is 18.8 Å². The first-order valence-corrected chi connectivity index (χ1v) is 6.50. The monoisotopic (exact) mass is 222 g/mol. The highest BCUT2D eigenvalue weighted by Gasteiger charge is 2.28. The molecule has 0 aromatic rings. The summed E-state index contributed by atoms with van der Waals surface area (Å²) in [6.07, 6.45) is 8.98. The molecular formula is C14H22O2. The number of ether oxygens (including phenoxy) is 1. The molecule has 1 fully saturated rings. The molecule has 0 spiro atoms. The highest BCUT2D eigenvalue weighted by molar-refractivity contribution is 5.71. The zero-order valence-electron chi connectivity index (χ0n) is 10.4. The quantitative estimate of drug-likeness (QED) is 0.540. The van der Waals surface area contributed by atoms with Gasteiger partial charge < -0.3 is 4.74 Å². The standard InChI is InChI=1S/C14H22O2/c1-10-3-5-12(6-4-10)11(2)9-13-7-8-14(15)16-13/h3,11-13H,4-9H2,1-2H3. The molecule has 2 aliphatic rings. The van der Waals surface area contributed by atoms with Crippen LogP contribution in [0.15, 0.2) is 11.6 Å². The van der Waals surface area contributed by atoms with Crippen LogP contribution in [0.3, 0.4) is 0 Å². The molecule has 1 saturated heterocycles. The molecule has 0 aromatic carbocycles. The van der Waals surface area contributed by atoms with Crippen LogP contribution >= 0.6 is 0 Å². The smallest absolute Gasteiger partial charge is 0.306 e. The Hall–Kier alpha value is -0.790. The summed E-state index contributed by atoms with van der Waals surface area (Å²) in [5, 5.41) is 0. The van der Waals surface area contributed by atoms with E-state index in [0.29, 0.717) is 12.3 Å². The first-order chi connectivity index (χ1) is 7.65. The minimum absolute atomic E-state index is 0.00316. The maximum Gasteiger partial charge on any atom is 0.306 e. The first-order valence-electron chi connectivity index (χ1n) is 6.50. The summed E-state index contributed by atoms with van der Waals surface area (Å²) < 4.78 is 5.29. The van der Waals surface area contributed by atoms with Crippen molar-refractivity contribution in [2.24, 2.45) is 11.8 Å². The lowest BCUT2D eigenvalue weighted by Crippen LogP contribution is -2.20. The third kappa shape index (κ3) is 2.87. The molecule has 2 heteroatoms. The lowest BCUT2D eigenvalue weighted by Gasteiger charge is -2.28. The molecule has 0 aromatic heterocycles. The van der Waals surface area contributed by atoms with E-state index in [1.165, 1.54) is 24.8 Å². The van der Waals surface area contributed by atoms with Gasteiger partial charge in [0.05, 0.1) is 0 Å². The van der Waals surface area contributed by atoms with Crippen LogP contribution in [0.2, 0.25) is 0 Å². The Morgan fingerprint density at radius 1 is 1.44 bits per heavy atom. The second kappa shape index (κ2) is 5.03. The van der Waals surface area contributed by atoms with Crippen molar-refractivity contribution in [1.82, 2.24) is 0 Å². The van der Waals surface area contributed by atoms with Crippen LogP contribution in [0.25, 0.3) is 0 Å². The number of hydrogen-bond acceptors (Lipinski definition) is 2. The Kier molecular flexibility index (Phi) is 3.67. The third-order valence-corrected chi connectivity index (χ3v) is 4.09. The van der Waals surface area contributed by atoms with Crippen molar-refractivity contribution in [3.63, 3.8) is 0 Å². The highest BCUT2D eigenvalue weighted by atomic mass is 16.5. The summed E-state index contributed by atoms with van der Waals surface area (Å²) >= 11 is 0. The lowest BCUT2D eigenvalue weighted by molar-refractivity contribution is -0.142. The van der Waals surface area contributed by atoms with Crippen molar-refractivity contribution in [2.75, 3.05) is 0 Å². The van der Waals surface area contributed by atoms with E-state index in [4.69, 9.17) is 4.74 Å². The highest BCUT2D eigenvalue weighted by Crippen LogP contribution is 2.33. The average molecular weight is 222 g/mol. The van der Waals surface area contributed by atoms with Crippen LogP contribution in [0, 0.1) is 11.8 Å². The zero-order chi connectivity index (χ0) is 11.5. The van der Waals surface area contributed by atoms with Crippen LogP contribution < -0.4 is 0 Å². The summed E-state index contributed by atoms with van der Waals surface area (Å²) in [6.45, 7) is 4.53. The van der Waals surface area contributed by atoms with Crippen molar-refractivity contribution in [3.8, 4) is 0 Å². The molecule has 2 rings (SSSR count). The summed E-state index contributed by atoms with van der Waals surface area (Å²) in [5.74, 6) is 1.47. The third-order valence-electron chi connectivity index (χ3n) is 4.09. The van der Waals surface area contributed by atoms with Crippen LogP contribution in [-0.2, 0) is 9.53 Å². The molecule has 0 N–H and O–H groups in total. The Balaban J connectivity index is 1.79. The second-order valence-electron chi connectivity index (χ2n) is 5.45. The Morgan fingerprint density at radius 2 is 2.25 bits per heavy atom. The van der Waals surface area contributed by atoms with Gasteiger partial charge in [-0.25, -0.2) is 0 Å². The SMILES string of the molecule is CC1=CCC(C(C)CC2CCC(=O)O2)CC1. The molecule has 2 nitrogen and oxygen atoms in total. The molecule has 0 bridgehead atoms. The van der Waals surface area contributed by atoms with E-state index in [1.54, 1.807) is 0 Å². The second-order valence-corrected chi connectivity index (χ2v) is 5.45. The van der Waals surface area contributed by atoms with Gasteiger partial charge in [0.1, 0.15) is 6.10 Å². The van der Waals surface area contributed by atoms with Gasteiger partial charge in [0, 0.05) is 6.42 Å². The van der Waals surface area contributed by atoms with Crippen molar-refractivity contribution in [2.45, 2.75) is 58.5 Å². The summed E-state index contributed by atoms with van der Waals surface area (Å²) in [6, 6.07) is 0. The number of cyclic esters (lactones) is 1. The number of hydrogen-bond donors (Lipinski definition) is 0. The van der Waals surface area contributed by atoms with E-state index in [1.807, 2.05) is 0 Å². The predicted molar refractivity (Wildman–Crippen MR) is 64.0 cm³/mol. The van der Waals surface area contributed by atoms with E-state index in [9.17, 15) is 4.79 Å². The Morgan fingerprint density at radius 3 is 2.81 bits per heavy atom. The maximum absolute atomic E-state index is 11.0. The molecule has 0 saturated carbocycles. The van der Waals surface area contributed by atoms with E-state index >= 15 is 0 Å². The molecule has 1 aliphatic heterocycles. The lowest BCUT2D eigenvalue weighted by atomic mass is 9.79. The summed E-state index contributed by atoms with van der Waals surface area (Å²) in [5.41, 5.74) is 1.54. The number of rotatable bonds is 3. The molecule has 16 heavy (non-hydrogen) atoms. The van der Waals surface area contributed by atoms with Crippen molar-refractivity contribution in [1.29, 1.82) is 0 Å². The molecule has 1 heterocycles. The predicted octanol–water partition coefficient (Wildman–Crippen LogP) is 3.46. The fraction of sp³-hybridized carbons (Fsp3) is 0.786. The molecular weight excluding hydrogens is 200 g/mol. The fourth-order valence-electron chi connectivity index (χ4n) is 2.86. The average Bonchev–Trinajstić information content (AvgIpc) is 2.65. The Bertz CT molecular complexity index is 293. The van der Waals surface area contributed by atoms with Crippen molar-refractivity contribution in [3.05, 3.63) is 11.6 Å². The van der Waals surface area contributed by atoms with Crippen LogP contribution in [0.4, 0.5) is 0 Å². The fourth-order valence-corrected chi connectivity index (χ4v) is 2.86. The molecule has 0 radical (unpaired) electrons.